The molecule has 5 heterocycles. The molecule has 0 radical (unpaired) electrons. The lowest BCUT2D eigenvalue weighted by Crippen LogP contribution is -2.57. The van der Waals surface area contributed by atoms with E-state index in [1.54, 1.807) is 34.5 Å². The lowest BCUT2D eigenvalue weighted by Gasteiger charge is -2.48. The third-order valence-corrected chi connectivity index (χ3v) is 12.3. The fourth-order valence-electron chi connectivity index (χ4n) is 8.25. The molecule has 0 aromatic heterocycles. The Labute approximate surface area is 304 Å². The average molecular weight is 729 g/mol. The van der Waals surface area contributed by atoms with Crippen molar-refractivity contribution in [3.63, 3.8) is 0 Å². The number of benzene rings is 4. The zero-order valence-corrected chi connectivity index (χ0v) is 31.1. The summed E-state index contributed by atoms with van der Waals surface area (Å²) in [5.41, 5.74) is 6.64. The highest BCUT2D eigenvalue weighted by Gasteiger charge is 2.45. The maximum atomic E-state index is 14.0. The van der Waals surface area contributed by atoms with Crippen molar-refractivity contribution in [2.24, 2.45) is 0 Å². The van der Waals surface area contributed by atoms with E-state index in [0.717, 1.165) is 42.5 Å². The van der Waals surface area contributed by atoms with Crippen LogP contribution in [0.1, 0.15) is 51.9 Å². The third kappa shape index (κ3) is 5.67. The minimum atomic E-state index is -4.04. The predicted molar refractivity (Wildman–Crippen MR) is 197 cm³/mol. The van der Waals surface area contributed by atoms with E-state index in [1.165, 1.54) is 28.2 Å². The van der Waals surface area contributed by atoms with Gasteiger partial charge < -0.3 is 28.4 Å². The van der Waals surface area contributed by atoms with Gasteiger partial charge in [-0.3, -0.25) is 4.90 Å². The van der Waals surface area contributed by atoms with Crippen LogP contribution < -0.4 is 37.6 Å². The van der Waals surface area contributed by atoms with Crippen molar-refractivity contribution in [1.29, 1.82) is 0 Å². The number of ether oxygens (including phenoxy) is 6. The molecule has 52 heavy (non-hydrogen) atoms. The number of hydrogen-bond acceptors (Lipinski definition) is 10. The van der Waals surface area contributed by atoms with Crippen molar-refractivity contribution < 1.29 is 36.8 Å². The van der Waals surface area contributed by atoms with Gasteiger partial charge in [0.05, 0.1) is 40.2 Å². The minimum absolute atomic E-state index is 0.148. The van der Waals surface area contributed by atoms with Crippen LogP contribution in [-0.2, 0) is 35.9 Å². The fourth-order valence-corrected chi connectivity index (χ4v) is 9.33. The van der Waals surface area contributed by atoms with Crippen LogP contribution in [-0.4, -0.2) is 74.0 Å². The molecule has 0 fully saturated rings. The van der Waals surface area contributed by atoms with E-state index in [4.69, 9.17) is 28.4 Å². The number of hydrogen-bond donors (Lipinski definition) is 1. The summed E-state index contributed by atoms with van der Waals surface area (Å²) in [5.74, 6) is 4.11. The van der Waals surface area contributed by atoms with Gasteiger partial charge in [0.15, 0.2) is 34.5 Å². The van der Waals surface area contributed by atoms with Crippen molar-refractivity contribution in [2.45, 2.75) is 44.2 Å². The van der Waals surface area contributed by atoms with E-state index in [9.17, 15) is 8.42 Å². The number of aryl methyl sites for hydroxylation is 1. The average Bonchev–Trinajstić information content (AvgIpc) is 3.15. The smallest absolute Gasteiger partial charge is 0.315 e. The van der Waals surface area contributed by atoms with Crippen molar-refractivity contribution in [2.75, 3.05) is 60.0 Å². The highest BCUT2D eigenvalue weighted by molar-refractivity contribution is 7.90. The highest BCUT2D eigenvalue weighted by atomic mass is 32.2. The molecule has 274 valence electrons. The van der Waals surface area contributed by atoms with Crippen LogP contribution in [0.15, 0.2) is 54.6 Å². The van der Waals surface area contributed by atoms with Gasteiger partial charge >= 0.3 is 10.2 Å². The Morgan fingerprint density at radius 2 is 1.44 bits per heavy atom. The van der Waals surface area contributed by atoms with Gasteiger partial charge in [-0.1, -0.05) is 12.1 Å². The lowest BCUT2D eigenvalue weighted by molar-refractivity contribution is 0.177. The lowest BCUT2D eigenvalue weighted by atomic mass is 9.86. The molecule has 5 aliphatic heterocycles. The summed E-state index contributed by atoms with van der Waals surface area (Å²) < 4.78 is 69.0. The van der Waals surface area contributed by atoms with Crippen LogP contribution in [0.5, 0.6) is 46.0 Å². The van der Waals surface area contributed by atoms with Crippen LogP contribution in [0, 0.1) is 0 Å². The molecule has 9 rings (SSSR count). The first kappa shape index (κ1) is 34.4. The topological polar surface area (TPSA) is 111 Å². The van der Waals surface area contributed by atoms with Gasteiger partial charge in [-0.15, -0.1) is 0 Å². The van der Waals surface area contributed by atoms with Gasteiger partial charge in [-0.2, -0.15) is 22.6 Å². The Kier molecular flexibility index (Phi) is 8.85. The molecule has 0 aliphatic carbocycles. The van der Waals surface area contributed by atoms with Crippen molar-refractivity contribution in [3.05, 3.63) is 88.0 Å². The second-order valence-corrected chi connectivity index (χ2v) is 15.3. The molecule has 12 nitrogen and oxygen atoms in total. The second-order valence-electron chi connectivity index (χ2n) is 13.6. The Balaban J connectivity index is 1.40. The maximum absolute atomic E-state index is 14.0. The molecule has 1 N–H and O–H groups in total. The molecule has 0 saturated carbocycles. The number of methoxy groups -OCH3 is 4. The molecule has 0 spiro atoms. The van der Waals surface area contributed by atoms with Gasteiger partial charge in [-0.05, 0) is 103 Å². The highest BCUT2D eigenvalue weighted by Crippen LogP contribution is 2.55. The normalized spacial score (nSPS) is 19.5. The zero-order chi connectivity index (χ0) is 36.3. The first-order valence-corrected chi connectivity index (χ1v) is 19.0. The van der Waals surface area contributed by atoms with Crippen molar-refractivity contribution in [1.82, 2.24) is 14.6 Å². The Morgan fingerprint density at radius 1 is 0.750 bits per heavy atom. The van der Waals surface area contributed by atoms with Crippen molar-refractivity contribution in [3.8, 4) is 46.0 Å². The molecule has 4 aromatic carbocycles. The van der Waals surface area contributed by atoms with Gasteiger partial charge in [0.25, 0.3) is 0 Å². The van der Waals surface area contributed by atoms with E-state index in [2.05, 4.69) is 40.9 Å². The quantitative estimate of drug-likeness (QED) is 0.249. The van der Waals surface area contributed by atoms with Crippen LogP contribution >= 0.6 is 0 Å². The first-order chi connectivity index (χ1) is 25.2. The third-order valence-electron chi connectivity index (χ3n) is 10.9. The largest absolute Gasteiger partial charge is 0.493 e. The monoisotopic (exact) mass is 728 g/mol. The Bertz CT molecular complexity index is 2140. The summed E-state index contributed by atoms with van der Waals surface area (Å²) in [7, 11) is 5.94. The summed E-state index contributed by atoms with van der Waals surface area (Å²) in [4.78, 5) is 2.40. The van der Waals surface area contributed by atoms with Gasteiger partial charge in [0.1, 0.15) is 5.75 Å². The molecule has 7 bridgehead atoms. The number of nitrogens with zero attached hydrogens (tertiary/aromatic N) is 3. The first-order valence-electron chi connectivity index (χ1n) is 17.5. The fraction of sp³-hybridized carbons (Fsp3) is 0.385. The van der Waals surface area contributed by atoms with Crippen LogP contribution in [0.3, 0.4) is 0 Å². The molecule has 0 saturated heterocycles. The number of hydrazine groups is 1. The number of fused-ring (bicyclic) bond motifs is 3. The van der Waals surface area contributed by atoms with E-state index in [1.807, 2.05) is 29.3 Å². The molecule has 13 heteroatoms. The Hall–Kier alpha value is -4.69. The molecular formula is C39H44N4O8S. The number of rotatable bonds is 6. The number of anilines is 1. The molecule has 0 amide bonds. The molecule has 4 aromatic rings. The standard InChI is InChI=1S/C39H44N4O8S/c1-40-52(44,45)43-30-22-33(47-4)34-20-26(30)17-31-37-25(14-16-42(31)43)19-36(48-5)38(49-6)39(37)51-35-21-28-24(18-32(35)46-3)13-15-41(2)29(28)12-9-23-7-10-27(50-34)11-8-23/h7-8,10-11,18-22,29,31,40H,9,12-17H2,1-6H3/t29-,31+/m0/s1. The van der Waals surface area contributed by atoms with E-state index >= 15 is 0 Å². The van der Waals surface area contributed by atoms with Crippen LogP contribution in [0.2, 0.25) is 0 Å². The molecule has 5 aliphatic rings. The zero-order valence-electron chi connectivity index (χ0n) is 30.3. The van der Waals surface area contributed by atoms with Gasteiger partial charge in [-0.25, -0.2) is 0 Å². The van der Waals surface area contributed by atoms with Crippen LogP contribution in [0.4, 0.5) is 5.69 Å². The Morgan fingerprint density at radius 3 is 2.15 bits per heavy atom. The predicted octanol–water partition coefficient (Wildman–Crippen LogP) is 6.12. The van der Waals surface area contributed by atoms with Crippen LogP contribution in [0.25, 0.3) is 0 Å². The SMILES string of the molecule is CNS(=O)(=O)N1c2cc(OC)c3cc2C[C@@H]2c4c(cc(OC)c(OC)c4Oc4cc5c(cc4OC)CCN(C)[C@H]5CCc4ccc(cc4)O3)CCN21. The van der Waals surface area contributed by atoms with E-state index in [0.29, 0.717) is 71.1 Å². The maximum Gasteiger partial charge on any atom is 0.315 e. The summed E-state index contributed by atoms with van der Waals surface area (Å²) in [6.07, 6.45) is 3.62. The number of likely N-dealkylation sites (N-methyl/N-ethyl adjacent to an activating group) is 1. The van der Waals surface area contributed by atoms with Gasteiger partial charge in [0, 0.05) is 37.8 Å². The second kappa shape index (κ2) is 13.4. The van der Waals surface area contributed by atoms with E-state index < -0.39 is 16.3 Å². The summed E-state index contributed by atoms with van der Waals surface area (Å²) in [6.45, 7) is 1.34. The molecular weight excluding hydrogens is 685 g/mol. The number of nitrogens with one attached hydrogen (secondary N) is 1. The van der Waals surface area contributed by atoms with E-state index in [-0.39, 0.29) is 6.04 Å². The summed E-state index contributed by atoms with van der Waals surface area (Å²) >= 11 is 0. The molecule has 2 atom stereocenters. The minimum Gasteiger partial charge on any atom is -0.493 e. The summed E-state index contributed by atoms with van der Waals surface area (Å²) in [6, 6.07) is 17.6. The van der Waals surface area contributed by atoms with Gasteiger partial charge in [0.2, 0.25) is 5.75 Å². The van der Waals surface area contributed by atoms with Crippen molar-refractivity contribution >= 4 is 15.9 Å². The summed E-state index contributed by atoms with van der Waals surface area (Å²) in [5, 5.41) is 1.88. The molecule has 0 unspecified atom stereocenters.